The number of rotatable bonds is 3. The molecule has 1 fully saturated rings. The highest BCUT2D eigenvalue weighted by Crippen LogP contribution is 2.48. The van der Waals surface area contributed by atoms with Gasteiger partial charge in [-0.1, -0.05) is 17.7 Å². The molecule has 3 nitrogen and oxygen atoms in total. The molecule has 0 saturated heterocycles. The van der Waals surface area contributed by atoms with E-state index in [2.05, 4.69) is 16.0 Å². The van der Waals surface area contributed by atoms with Crippen molar-refractivity contribution >= 4 is 23.4 Å². The lowest BCUT2D eigenvalue weighted by molar-refractivity contribution is 0.548. The summed E-state index contributed by atoms with van der Waals surface area (Å²) in [6, 6.07) is 12.9. The number of aromatic nitrogens is 2. The van der Waals surface area contributed by atoms with Crippen molar-refractivity contribution < 1.29 is 4.39 Å². The van der Waals surface area contributed by atoms with Gasteiger partial charge >= 0.3 is 0 Å². The summed E-state index contributed by atoms with van der Waals surface area (Å²) < 4.78 is 16.1. The quantitative estimate of drug-likeness (QED) is 0.611. The van der Waals surface area contributed by atoms with E-state index in [4.69, 9.17) is 11.6 Å². The number of hydrogen-bond acceptors (Lipinski definition) is 2. The monoisotopic (exact) mass is 365 g/mol. The van der Waals surface area contributed by atoms with E-state index < -0.39 is 0 Å². The molecule has 2 heterocycles. The first-order valence-corrected chi connectivity index (χ1v) is 9.12. The Balaban J connectivity index is 1.74. The second-order valence-electron chi connectivity index (χ2n) is 6.85. The summed E-state index contributed by atoms with van der Waals surface area (Å²) in [5, 5.41) is 0.702. The SMILES string of the molecule is Fc1ccc2c(c1)C(n1ccnc1)N(c1ccc(Cl)cc1)C(C1CC1)=C2. The second-order valence-corrected chi connectivity index (χ2v) is 7.28. The Kier molecular flexibility index (Phi) is 3.61. The van der Waals surface area contributed by atoms with E-state index in [0.29, 0.717) is 10.9 Å². The van der Waals surface area contributed by atoms with Crippen molar-refractivity contribution in [1.29, 1.82) is 0 Å². The molecule has 1 atom stereocenters. The van der Waals surface area contributed by atoms with Crippen LogP contribution >= 0.6 is 11.6 Å². The maximum Gasteiger partial charge on any atom is 0.137 e. The number of allylic oxidation sites excluding steroid dienone is 1. The normalized spacial score (nSPS) is 19.2. The predicted molar refractivity (Wildman–Crippen MR) is 101 cm³/mol. The van der Waals surface area contributed by atoms with Crippen LogP contribution in [0.5, 0.6) is 0 Å². The van der Waals surface area contributed by atoms with Crippen LogP contribution in [0.25, 0.3) is 6.08 Å². The van der Waals surface area contributed by atoms with Crippen LogP contribution in [0, 0.1) is 11.7 Å². The lowest BCUT2D eigenvalue weighted by Crippen LogP contribution is -2.36. The van der Waals surface area contributed by atoms with E-state index in [1.54, 1.807) is 18.6 Å². The summed E-state index contributed by atoms with van der Waals surface area (Å²) in [4.78, 5) is 6.51. The van der Waals surface area contributed by atoms with Crippen LogP contribution in [-0.4, -0.2) is 9.55 Å². The Morgan fingerprint density at radius 2 is 1.88 bits per heavy atom. The third kappa shape index (κ3) is 2.61. The molecule has 1 saturated carbocycles. The molecule has 5 rings (SSSR count). The van der Waals surface area contributed by atoms with Gasteiger partial charge in [0.1, 0.15) is 12.0 Å². The highest BCUT2D eigenvalue weighted by atomic mass is 35.5. The van der Waals surface area contributed by atoms with Crippen LogP contribution in [0.3, 0.4) is 0 Å². The lowest BCUT2D eigenvalue weighted by atomic mass is 9.95. The maximum atomic E-state index is 14.1. The van der Waals surface area contributed by atoms with Crippen molar-refractivity contribution in [2.45, 2.75) is 19.0 Å². The van der Waals surface area contributed by atoms with Gasteiger partial charge in [0.05, 0.1) is 6.33 Å². The van der Waals surface area contributed by atoms with Gasteiger partial charge in [-0.15, -0.1) is 0 Å². The van der Waals surface area contributed by atoms with Crippen molar-refractivity contribution in [3.05, 3.63) is 88.8 Å². The van der Waals surface area contributed by atoms with Gasteiger partial charge in [0, 0.05) is 34.4 Å². The third-order valence-corrected chi connectivity index (χ3v) is 5.31. The van der Waals surface area contributed by atoms with Crippen molar-refractivity contribution in [1.82, 2.24) is 9.55 Å². The first-order chi connectivity index (χ1) is 12.7. The zero-order valence-corrected chi connectivity index (χ0v) is 14.8. The molecule has 0 spiro atoms. The molecule has 1 unspecified atom stereocenters. The smallest absolute Gasteiger partial charge is 0.137 e. The standard InChI is InChI=1S/C21H17ClFN3/c22-16-4-7-18(8-5-16)26-20(14-1-2-14)11-15-3-6-17(23)12-19(15)21(26)25-10-9-24-13-25/h3-14,21H,1-2H2. The van der Waals surface area contributed by atoms with Crippen LogP contribution in [0.2, 0.25) is 5.02 Å². The van der Waals surface area contributed by atoms with Crippen molar-refractivity contribution in [2.24, 2.45) is 5.92 Å². The molecule has 0 amide bonds. The Morgan fingerprint density at radius 1 is 1.08 bits per heavy atom. The van der Waals surface area contributed by atoms with Gasteiger partial charge in [-0.25, -0.2) is 9.37 Å². The van der Waals surface area contributed by atoms with E-state index in [1.807, 2.05) is 41.1 Å². The predicted octanol–water partition coefficient (Wildman–Crippen LogP) is 5.49. The number of halogens is 2. The maximum absolute atomic E-state index is 14.1. The molecule has 0 N–H and O–H groups in total. The summed E-state index contributed by atoms with van der Waals surface area (Å²) >= 11 is 6.10. The second kappa shape index (κ2) is 5.99. The molecule has 26 heavy (non-hydrogen) atoms. The molecule has 3 aromatic rings. The van der Waals surface area contributed by atoms with E-state index in [0.717, 1.165) is 16.8 Å². The average Bonchev–Trinajstić information content (AvgIpc) is 3.35. The van der Waals surface area contributed by atoms with Crippen LogP contribution in [0.4, 0.5) is 10.1 Å². The minimum Gasteiger partial charge on any atom is -0.320 e. The minimum atomic E-state index is -0.229. The number of benzene rings is 2. The van der Waals surface area contributed by atoms with Crippen molar-refractivity contribution in [3.8, 4) is 0 Å². The van der Waals surface area contributed by atoms with Crippen LogP contribution in [0.1, 0.15) is 30.1 Å². The molecule has 2 aromatic carbocycles. The summed E-state index contributed by atoms with van der Waals surface area (Å²) in [5.74, 6) is 0.308. The van der Waals surface area contributed by atoms with E-state index >= 15 is 0 Å². The van der Waals surface area contributed by atoms with Crippen molar-refractivity contribution in [3.63, 3.8) is 0 Å². The Labute approximate surface area is 156 Å². The lowest BCUT2D eigenvalue weighted by Gasteiger charge is -2.40. The van der Waals surface area contributed by atoms with Crippen molar-refractivity contribution in [2.75, 3.05) is 4.90 Å². The molecule has 130 valence electrons. The number of anilines is 1. The highest BCUT2D eigenvalue weighted by Gasteiger charge is 2.38. The fourth-order valence-corrected chi connectivity index (χ4v) is 3.83. The first-order valence-electron chi connectivity index (χ1n) is 8.74. The van der Waals surface area contributed by atoms with Gasteiger partial charge in [0.25, 0.3) is 0 Å². The van der Waals surface area contributed by atoms with Gasteiger partial charge in [-0.3, -0.25) is 0 Å². The number of imidazole rings is 1. The van der Waals surface area contributed by atoms with E-state index in [-0.39, 0.29) is 12.0 Å². The summed E-state index contributed by atoms with van der Waals surface area (Å²) in [6.07, 6.45) is 9.87. The number of hydrogen-bond donors (Lipinski definition) is 0. The van der Waals surface area contributed by atoms with Crippen LogP contribution in [0.15, 0.2) is 66.9 Å². The van der Waals surface area contributed by atoms with Gasteiger partial charge < -0.3 is 9.47 Å². The fourth-order valence-electron chi connectivity index (χ4n) is 3.70. The molecule has 1 aliphatic heterocycles. The molecule has 5 heteroatoms. The summed E-state index contributed by atoms with van der Waals surface area (Å²) in [5.41, 5.74) is 4.31. The van der Waals surface area contributed by atoms with Gasteiger partial charge in [0.15, 0.2) is 0 Å². The number of nitrogens with zero attached hydrogens (tertiary/aromatic N) is 3. The van der Waals surface area contributed by atoms with Crippen LogP contribution in [-0.2, 0) is 0 Å². The van der Waals surface area contributed by atoms with Gasteiger partial charge in [-0.2, -0.15) is 0 Å². The van der Waals surface area contributed by atoms with Gasteiger partial charge in [0.2, 0.25) is 0 Å². The largest absolute Gasteiger partial charge is 0.320 e. The average molecular weight is 366 g/mol. The molecular formula is C21H17ClFN3. The summed E-state index contributed by atoms with van der Waals surface area (Å²) in [7, 11) is 0. The summed E-state index contributed by atoms with van der Waals surface area (Å²) in [6.45, 7) is 0. The zero-order chi connectivity index (χ0) is 17.7. The Bertz CT molecular complexity index is 975. The third-order valence-electron chi connectivity index (χ3n) is 5.06. The molecule has 0 radical (unpaired) electrons. The molecular weight excluding hydrogens is 349 g/mol. The minimum absolute atomic E-state index is 0.176. The Hall–Kier alpha value is -2.59. The molecule has 0 bridgehead atoms. The van der Waals surface area contributed by atoms with Crippen LogP contribution < -0.4 is 4.90 Å². The molecule has 2 aliphatic rings. The zero-order valence-electron chi connectivity index (χ0n) is 14.0. The molecule has 1 aromatic heterocycles. The first kappa shape index (κ1) is 15.6. The Morgan fingerprint density at radius 3 is 2.58 bits per heavy atom. The van der Waals surface area contributed by atoms with Gasteiger partial charge in [-0.05, 0) is 66.8 Å². The topological polar surface area (TPSA) is 21.1 Å². The molecule has 1 aliphatic carbocycles. The number of fused-ring (bicyclic) bond motifs is 1. The van der Waals surface area contributed by atoms with E-state index in [9.17, 15) is 4.39 Å². The highest BCUT2D eigenvalue weighted by molar-refractivity contribution is 6.30. The van der Waals surface area contributed by atoms with E-state index in [1.165, 1.54) is 24.6 Å². The fraction of sp³-hybridized carbons (Fsp3) is 0.190.